The molecule has 4 nitrogen and oxygen atoms in total. The fraction of sp³-hybridized carbons (Fsp3) is 0.667. The predicted molar refractivity (Wildman–Crippen MR) is 68.7 cm³/mol. The molecule has 1 heterocycles. The molecule has 92 valence electrons. The first-order valence-electron chi connectivity index (χ1n) is 5.98. The van der Waals surface area contributed by atoms with Gasteiger partial charge in [-0.2, -0.15) is 5.26 Å². The standard InChI is InChI=1S/C12H18N4S/c1-9(2)16-12(8-13)4-3-10(7-12)17-11-14-5-6-15-11/h5-6,9-10,16H,3-4,7H2,1-2H3,(H,14,15). The summed E-state index contributed by atoms with van der Waals surface area (Å²) in [7, 11) is 0. The fourth-order valence-electron chi connectivity index (χ4n) is 2.39. The molecule has 0 bridgehead atoms. The Morgan fingerprint density at radius 2 is 2.53 bits per heavy atom. The van der Waals surface area contributed by atoms with Crippen LogP contribution in [0.5, 0.6) is 0 Å². The van der Waals surface area contributed by atoms with Crippen LogP contribution < -0.4 is 5.32 Å². The first kappa shape index (κ1) is 12.5. The van der Waals surface area contributed by atoms with Crippen molar-refractivity contribution in [2.75, 3.05) is 0 Å². The van der Waals surface area contributed by atoms with E-state index in [-0.39, 0.29) is 5.54 Å². The van der Waals surface area contributed by atoms with Crippen LogP contribution in [0.1, 0.15) is 33.1 Å². The smallest absolute Gasteiger partial charge is 0.165 e. The third-order valence-electron chi connectivity index (χ3n) is 3.00. The molecule has 0 amide bonds. The molecule has 0 radical (unpaired) electrons. The number of hydrogen-bond donors (Lipinski definition) is 2. The molecule has 1 aromatic rings. The molecule has 5 heteroatoms. The number of aromatic nitrogens is 2. The van der Waals surface area contributed by atoms with Crippen LogP contribution in [-0.4, -0.2) is 26.8 Å². The van der Waals surface area contributed by atoms with Gasteiger partial charge in [0.15, 0.2) is 5.16 Å². The molecule has 2 unspecified atom stereocenters. The van der Waals surface area contributed by atoms with Gasteiger partial charge in [0.05, 0.1) is 6.07 Å². The lowest BCUT2D eigenvalue weighted by Gasteiger charge is -2.25. The van der Waals surface area contributed by atoms with E-state index >= 15 is 0 Å². The highest BCUT2D eigenvalue weighted by atomic mass is 32.2. The van der Waals surface area contributed by atoms with Crippen molar-refractivity contribution in [2.45, 2.75) is 55.1 Å². The maximum Gasteiger partial charge on any atom is 0.165 e. The number of hydrogen-bond acceptors (Lipinski definition) is 4. The summed E-state index contributed by atoms with van der Waals surface area (Å²) in [5, 5.41) is 14.2. The summed E-state index contributed by atoms with van der Waals surface area (Å²) in [6, 6.07) is 2.81. The van der Waals surface area contributed by atoms with E-state index < -0.39 is 0 Å². The Morgan fingerprint density at radius 1 is 1.71 bits per heavy atom. The minimum atomic E-state index is -0.335. The monoisotopic (exact) mass is 250 g/mol. The average molecular weight is 250 g/mol. The van der Waals surface area contributed by atoms with Crippen molar-refractivity contribution in [1.82, 2.24) is 15.3 Å². The van der Waals surface area contributed by atoms with E-state index in [4.69, 9.17) is 0 Å². The van der Waals surface area contributed by atoms with Crippen LogP contribution in [0, 0.1) is 11.3 Å². The van der Waals surface area contributed by atoms with E-state index in [2.05, 4.69) is 35.2 Å². The summed E-state index contributed by atoms with van der Waals surface area (Å²) in [6.07, 6.45) is 6.49. The molecule has 0 aliphatic heterocycles. The van der Waals surface area contributed by atoms with Crippen molar-refractivity contribution in [1.29, 1.82) is 5.26 Å². The van der Waals surface area contributed by atoms with Gasteiger partial charge in [0.25, 0.3) is 0 Å². The lowest BCUT2D eigenvalue weighted by Crippen LogP contribution is -2.45. The maximum atomic E-state index is 9.36. The van der Waals surface area contributed by atoms with Gasteiger partial charge >= 0.3 is 0 Å². The molecule has 2 N–H and O–H groups in total. The zero-order valence-electron chi connectivity index (χ0n) is 10.2. The molecule has 1 aliphatic rings. The fourth-order valence-corrected chi connectivity index (χ4v) is 3.57. The molecule has 0 spiro atoms. The topological polar surface area (TPSA) is 64.5 Å². The number of thioether (sulfide) groups is 1. The SMILES string of the molecule is CC(C)NC1(C#N)CCC(Sc2ncc[nH]2)C1. The normalized spacial score (nSPS) is 28.5. The summed E-state index contributed by atoms with van der Waals surface area (Å²) in [4.78, 5) is 7.32. The van der Waals surface area contributed by atoms with Crippen molar-refractivity contribution in [2.24, 2.45) is 0 Å². The van der Waals surface area contributed by atoms with Crippen molar-refractivity contribution < 1.29 is 0 Å². The third-order valence-corrected chi connectivity index (χ3v) is 4.18. The highest BCUT2D eigenvalue weighted by molar-refractivity contribution is 7.99. The first-order chi connectivity index (χ1) is 8.13. The maximum absolute atomic E-state index is 9.36. The number of imidazole rings is 1. The Bertz CT molecular complexity index is 395. The lowest BCUT2D eigenvalue weighted by atomic mass is 9.99. The van der Waals surface area contributed by atoms with Gasteiger partial charge in [0.1, 0.15) is 5.54 Å². The molecule has 1 saturated carbocycles. The van der Waals surface area contributed by atoms with Gasteiger partial charge in [-0.05, 0) is 33.1 Å². The molecular formula is C12H18N4S. The van der Waals surface area contributed by atoms with Crippen LogP contribution in [-0.2, 0) is 0 Å². The Hall–Kier alpha value is -0.990. The lowest BCUT2D eigenvalue weighted by molar-refractivity contribution is 0.386. The molecule has 2 rings (SSSR count). The van der Waals surface area contributed by atoms with E-state index in [1.54, 1.807) is 18.0 Å². The van der Waals surface area contributed by atoms with Crippen LogP contribution in [0.4, 0.5) is 0 Å². The van der Waals surface area contributed by atoms with Crippen LogP contribution in [0.15, 0.2) is 17.6 Å². The van der Waals surface area contributed by atoms with Gasteiger partial charge in [0.2, 0.25) is 0 Å². The Balaban J connectivity index is 1.96. The van der Waals surface area contributed by atoms with Crippen LogP contribution in [0.2, 0.25) is 0 Å². The molecule has 17 heavy (non-hydrogen) atoms. The van der Waals surface area contributed by atoms with E-state index in [9.17, 15) is 5.26 Å². The minimum absolute atomic E-state index is 0.335. The number of rotatable bonds is 4. The second kappa shape index (κ2) is 5.11. The van der Waals surface area contributed by atoms with Gasteiger partial charge < -0.3 is 4.98 Å². The minimum Gasteiger partial charge on any atom is -0.340 e. The molecule has 1 fully saturated rings. The van der Waals surface area contributed by atoms with Gasteiger partial charge in [0, 0.05) is 23.7 Å². The zero-order chi connectivity index (χ0) is 12.3. The molecular weight excluding hydrogens is 232 g/mol. The van der Waals surface area contributed by atoms with Crippen LogP contribution >= 0.6 is 11.8 Å². The van der Waals surface area contributed by atoms with E-state index in [0.29, 0.717) is 11.3 Å². The molecule has 0 saturated heterocycles. The quantitative estimate of drug-likeness (QED) is 0.860. The van der Waals surface area contributed by atoms with Gasteiger partial charge in [-0.3, -0.25) is 5.32 Å². The second-order valence-electron chi connectivity index (χ2n) is 4.87. The predicted octanol–water partition coefficient (Wildman–Crippen LogP) is 2.31. The van der Waals surface area contributed by atoms with E-state index in [1.807, 2.05) is 6.20 Å². The van der Waals surface area contributed by atoms with Crippen molar-refractivity contribution in [3.63, 3.8) is 0 Å². The van der Waals surface area contributed by atoms with E-state index in [0.717, 1.165) is 24.4 Å². The van der Waals surface area contributed by atoms with Crippen molar-refractivity contribution in [3.05, 3.63) is 12.4 Å². The summed E-state index contributed by atoms with van der Waals surface area (Å²) >= 11 is 1.74. The average Bonchev–Trinajstić information content (AvgIpc) is 2.89. The Labute approximate surface area is 106 Å². The number of nitrogens with one attached hydrogen (secondary N) is 2. The summed E-state index contributed by atoms with van der Waals surface area (Å²) < 4.78 is 0. The number of aromatic amines is 1. The number of nitrogens with zero attached hydrogens (tertiary/aromatic N) is 2. The molecule has 1 aromatic heterocycles. The summed E-state index contributed by atoms with van der Waals surface area (Å²) in [6.45, 7) is 4.18. The van der Waals surface area contributed by atoms with Gasteiger partial charge in [-0.25, -0.2) is 4.98 Å². The summed E-state index contributed by atoms with van der Waals surface area (Å²) in [5.41, 5.74) is -0.335. The zero-order valence-corrected chi connectivity index (χ0v) is 11.0. The number of nitriles is 1. The van der Waals surface area contributed by atoms with Crippen molar-refractivity contribution in [3.8, 4) is 6.07 Å². The third kappa shape index (κ3) is 3.02. The Kier molecular flexibility index (Phi) is 3.75. The molecule has 2 atom stereocenters. The van der Waals surface area contributed by atoms with Gasteiger partial charge in [-0.15, -0.1) is 0 Å². The highest BCUT2D eigenvalue weighted by Gasteiger charge is 2.40. The van der Waals surface area contributed by atoms with Gasteiger partial charge in [-0.1, -0.05) is 11.8 Å². The second-order valence-corrected chi connectivity index (χ2v) is 6.16. The van der Waals surface area contributed by atoms with Crippen LogP contribution in [0.3, 0.4) is 0 Å². The largest absolute Gasteiger partial charge is 0.340 e. The van der Waals surface area contributed by atoms with Crippen molar-refractivity contribution >= 4 is 11.8 Å². The molecule has 1 aliphatic carbocycles. The highest BCUT2D eigenvalue weighted by Crippen LogP contribution is 2.39. The first-order valence-corrected chi connectivity index (χ1v) is 6.86. The number of H-pyrrole nitrogens is 1. The Morgan fingerprint density at radius 3 is 3.12 bits per heavy atom. The summed E-state index contributed by atoms with van der Waals surface area (Å²) in [5.74, 6) is 0. The molecule has 0 aromatic carbocycles. The van der Waals surface area contributed by atoms with E-state index in [1.165, 1.54) is 0 Å². The van der Waals surface area contributed by atoms with Crippen LogP contribution in [0.25, 0.3) is 0 Å².